The summed E-state index contributed by atoms with van der Waals surface area (Å²) in [5.74, 6) is -0.920. The lowest BCUT2D eigenvalue weighted by atomic mass is 10.1. The average molecular weight is 383 g/mol. The van der Waals surface area contributed by atoms with Crippen molar-refractivity contribution in [2.75, 3.05) is 26.2 Å². The van der Waals surface area contributed by atoms with Gasteiger partial charge in [0.1, 0.15) is 16.5 Å². The maximum Gasteiger partial charge on any atom is 0.273 e. The zero-order valence-electron chi connectivity index (χ0n) is 13.2. The van der Waals surface area contributed by atoms with Gasteiger partial charge in [-0.1, -0.05) is 11.6 Å². The van der Waals surface area contributed by atoms with Crippen LogP contribution in [-0.4, -0.2) is 52.8 Å². The molecule has 1 saturated heterocycles. The fraction of sp³-hybridized carbons (Fsp3) is 0.312. The Morgan fingerprint density at radius 3 is 2.40 bits per heavy atom. The quantitative estimate of drug-likeness (QED) is 0.880. The predicted octanol–water partition coefficient (Wildman–Crippen LogP) is 1.99. The van der Waals surface area contributed by atoms with Crippen LogP contribution in [0, 0.1) is 5.82 Å². The Bertz CT molecular complexity index is 805. The van der Waals surface area contributed by atoms with Crippen LogP contribution in [0.1, 0.15) is 25.9 Å². The smallest absolute Gasteiger partial charge is 0.273 e. The van der Waals surface area contributed by atoms with Crippen molar-refractivity contribution in [3.8, 4) is 0 Å². The van der Waals surface area contributed by atoms with Crippen LogP contribution in [0.3, 0.4) is 0 Å². The Balaban J connectivity index is 1.63. The van der Waals surface area contributed by atoms with Gasteiger partial charge in [0.2, 0.25) is 0 Å². The van der Waals surface area contributed by atoms with E-state index in [0.29, 0.717) is 43.4 Å². The first-order valence-corrected chi connectivity index (χ1v) is 8.93. The number of benzene rings is 1. The minimum absolute atomic E-state index is 0.0836. The molecule has 1 aliphatic heterocycles. The average Bonchev–Trinajstić information content (AvgIpc) is 3.10. The highest BCUT2D eigenvalue weighted by Crippen LogP contribution is 2.20. The molecule has 9 heteroatoms. The molecule has 2 aromatic rings. The van der Waals surface area contributed by atoms with Crippen LogP contribution in [0.25, 0.3) is 0 Å². The van der Waals surface area contributed by atoms with E-state index in [0.717, 1.165) is 6.07 Å². The maximum atomic E-state index is 13.1. The maximum absolute atomic E-state index is 13.1. The molecular formula is C16H16ClFN4O2S. The van der Waals surface area contributed by atoms with Gasteiger partial charge in [0.25, 0.3) is 11.8 Å². The van der Waals surface area contributed by atoms with Crippen LogP contribution in [0.4, 0.5) is 4.39 Å². The summed E-state index contributed by atoms with van der Waals surface area (Å²) in [6, 6.07) is 3.70. The molecule has 0 aliphatic carbocycles. The van der Waals surface area contributed by atoms with Crippen LogP contribution in [-0.2, 0) is 6.54 Å². The number of rotatable bonds is 3. The lowest BCUT2D eigenvalue weighted by molar-refractivity contribution is 0.0532. The molecule has 1 aliphatic rings. The Morgan fingerprint density at radius 2 is 1.84 bits per heavy atom. The van der Waals surface area contributed by atoms with E-state index in [1.165, 1.54) is 23.5 Å². The summed E-state index contributed by atoms with van der Waals surface area (Å²) < 4.78 is 13.1. The molecule has 0 radical (unpaired) electrons. The molecule has 25 heavy (non-hydrogen) atoms. The molecule has 0 bridgehead atoms. The molecule has 1 fully saturated rings. The number of carbonyl (C=O) groups is 2. The highest BCUT2D eigenvalue weighted by Gasteiger charge is 2.27. The number of nitrogens with two attached hydrogens (primary N) is 1. The highest BCUT2D eigenvalue weighted by molar-refractivity contribution is 7.09. The number of aromatic nitrogens is 1. The van der Waals surface area contributed by atoms with E-state index >= 15 is 0 Å². The topological polar surface area (TPSA) is 79.5 Å². The number of halogens is 2. The van der Waals surface area contributed by atoms with Crippen LogP contribution in [0.2, 0.25) is 5.02 Å². The molecule has 132 valence electrons. The second-order valence-electron chi connectivity index (χ2n) is 5.54. The first-order chi connectivity index (χ1) is 12.0. The van der Waals surface area contributed by atoms with E-state index in [-0.39, 0.29) is 22.4 Å². The molecule has 0 spiro atoms. The standard InChI is InChI=1S/C16H16ClFN4O2S/c17-12-7-10(18)1-2-11(12)15(23)21-3-5-22(6-4-21)16(24)13-9-25-14(8-19)20-13/h1-2,7,9H,3-6,8,19H2. The van der Waals surface area contributed by atoms with Crippen molar-refractivity contribution in [1.29, 1.82) is 0 Å². The van der Waals surface area contributed by atoms with Gasteiger partial charge >= 0.3 is 0 Å². The minimum Gasteiger partial charge on any atom is -0.335 e. The second-order valence-corrected chi connectivity index (χ2v) is 6.89. The third-order valence-corrected chi connectivity index (χ3v) is 5.14. The first kappa shape index (κ1) is 17.8. The van der Waals surface area contributed by atoms with Gasteiger partial charge < -0.3 is 15.5 Å². The molecule has 2 heterocycles. The fourth-order valence-electron chi connectivity index (χ4n) is 2.61. The number of piperazine rings is 1. The molecule has 2 N–H and O–H groups in total. The van der Waals surface area contributed by atoms with Gasteiger partial charge in [0, 0.05) is 38.1 Å². The molecular weight excluding hydrogens is 367 g/mol. The highest BCUT2D eigenvalue weighted by atomic mass is 35.5. The largest absolute Gasteiger partial charge is 0.335 e. The van der Waals surface area contributed by atoms with Gasteiger partial charge in [-0.15, -0.1) is 11.3 Å². The normalized spacial score (nSPS) is 14.7. The molecule has 0 atom stereocenters. The van der Waals surface area contributed by atoms with E-state index in [9.17, 15) is 14.0 Å². The number of carbonyl (C=O) groups excluding carboxylic acids is 2. The Morgan fingerprint density at radius 1 is 1.20 bits per heavy atom. The third-order valence-electron chi connectivity index (χ3n) is 3.96. The van der Waals surface area contributed by atoms with Crippen LogP contribution in [0.5, 0.6) is 0 Å². The zero-order valence-corrected chi connectivity index (χ0v) is 14.8. The monoisotopic (exact) mass is 382 g/mol. The number of hydrogen-bond acceptors (Lipinski definition) is 5. The summed E-state index contributed by atoms with van der Waals surface area (Å²) in [5.41, 5.74) is 6.16. The van der Waals surface area contributed by atoms with Crippen molar-refractivity contribution in [3.05, 3.63) is 50.7 Å². The molecule has 0 saturated carbocycles. The molecule has 1 aromatic carbocycles. The van der Waals surface area contributed by atoms with E-state index in [4.69, 9.17) is 17.3 Å². The lowest BCUT2D eigenvalue weighted by Gasteiger charge is -2.34. The van der Waals surface area contributed by atoms with Gasteiger partial charge in [-0.25, -0.2) is 9.37 Å². The van der Waals surface area contributed by atoms with E-state index in [2.05, 4.69) is 4.98 Å². The number of nitrogens with zero attached hydrogens (tertiary/aromatic N) is 3. The predicted molar refractivity (Wildman–Crippen MR) is 93.2 cm³/mol. The van der Waals surface area contributed by atoms with Gasteiger partial charge in [-0.05, 0) is 18.2 Å². The lowest BCUT2D eigenvalue weighted by Crippen LogP contribution is -2.50. The molecule has 3 rings (SSSR count). The van der Waals surface area contributed by atoms with E-state index < -0.39 is 5.82 Å². The Kier molecular flexibility index (Phi) is 5.31. The SMILES string of the molecule is NCc1nc(C(=O)N2CCN(C(=O)c3ccc(F)cc3Cl)CC2)cs1. The minimum atomic E-state index is -0.489. The summed E-state index contributed by atoms with van der Waals surface area (Å²) >= 11 is 7.30. The second kappa shape index (κ2) is 7.47. The van der Waals surface area contributed by atoms with Gasteiger partial charge in [0.05, 0.1) is 10.6 Å². The van der Waals surface area contributed by atoms with Crippen molar-refractivity contribution >= 4 is 34.8 Å². The van der Waals surface area contributed by atoms with Crippen molar-refractivity contribution in [2.45, 2.75) is 6.54 Å². The van der Waals surface area contributed by atoms with E-state index in [1.807, 2.05) is 0 Å². The Labute approximate surface area is 153 Å². The zero-order chi connectivity index (χ0) is 18.0. The van der Waals surface area contributed by atoms with E-state index in [1.54, 1.807) is 15.2 Å². The fourth-order valence-corrected chi connectivity index (χ4v) is 3.51. The third kappa shape index (κ3) is 3.81. The van der Waals surface area contributed by atoms with Crippen molar-refractivity contribution in [3.63, 3.8) is 0 Å². The summed E-state index contributed by atoms with van der Waals surface area (Å²) in [4.78, 5) is 32.4. The number of thiazole rings is 1. The molecule has 1 aromatic heterocycles. The van der Waals surface area contributed by atoms with Gasteiger partial charge in [-0.2, -0.15) is 0 Å². The number of amides is 2. The van der Waals surface area contributed by atoms with Gasteiger partial charge in [0.15, 0.2) is 0 Å². The van der Waals surface area contributed by atoms with Crippen molar-refractivity contribution in [1.82, 2.24) is 14.8 Å². The van der Waals surface area contributed by atoms with Gasteiger partial charge in [-0.3, -0.25) is 9.59 Å². The molecule has 0 unspecified atom stereocenters. The molecule has 6 nitrogen and oxygen atoms in total. The number of hydrogen-bond donors (Lipinski definition) is 1. The summed E-state index contributed by atoms with van der Waals surface area (Å²) in [5, 5.41) is 2.49. The van der Waals surface area contributed by atoms with Crippen LogP contribution in [0.15, 0.2) is 23.6 Å². The first-order valence-electron chi connectivity index (χ1n) is 7.67. The molecule has 2 amide bonds. The summed E-state index contributed by atoms with van der Waals surface area (Å²) in [7, 11) is 0. The van der Waals surface area contributed by atoms with Crippen molar-refractivity contribution in [2.24, 2.45) is 5.73 Å². The van der Waals surface area contributed by atoms with Crippen LogP contribution >= 0.6 is 22.9 Å². The summed E-state index contributed by atoms with van der Waals surface area (Å²) in [6.07, 6.45) is 0. The van der Waals surface area contributed by atoms with Crippen molar-refractivity contribution < 1.29 is 14.0 Å². The summed E-state index contributed by atoms with van der Waals surface area (Å²) in [6.45, 7) is 1.87. The van der Waals surface area contributed by atoms with Crippen LogP contribution < -0.4 is 5.73 Å². The Hall–Kier alpha value is -2.03.